The SMILES string of the molecule is O=C(O)c1cccc(-c2nnc(-c3cncs3)o2)c1. The van der Waals surface area contributed by atoms with Crippen molar-refractivity contribution in [3.8, 4) is 22.2 Å². The van der Waals surface area contributed by atoms with Gasteiger partial charge < -0.3 is 9.52 Å². The molecule has 6 nitrogen and oxygen atoms in total. The molecule has 0 spiro atoms. The number of thiazole rings is 1. The Bertz CT molecular complexity index is 721. The number of nitrogens with zero attached hydrogens (tertiary/aromatic N) is 3. The summed E-state index contributed by atoms with van der Waals surface area (Å²) < 4.78 is 5.50. The summed E-state index contributed by atoms with van der Waals surface area (Å²) in [5.74, 6) is -0.339. The number of benzene rings is 1. The molecule has 0 aliphatic heterocycles. The predicted molar refractivity (Wildman–Crippen MR) is 67.8 cm³/mol. The molecule has 0 atom stereocenters. The molecule has 0 unspecified atom stereocenters. The number of carboxylic acid groups (broad SMARTS) is 1. The van der Waals surface area contributed by atoms with Crippen LogP contribution >= 0.6 is 11.3 Å². The lowest BCUT2D eigenvalue weighted by Gasteiger charge is -1.96. The smallest absolute Gasteiger partial charge is 0.335 e. The fourth-order valence-corrected chi connectivity index (χ4v) is 2.09. The second-order valence-corrected chi connectivity index (χ2v) is 4.55. The Hall–Kier alpha value is -2.54. The number of aromatic carboxylic acids is 1. The zero-order valence-electron chi connectivity index (χ0n) is 9.48. The van der Waals surface area contributed by atoms with Gasteiger partial charge >= 0.3 is 5.97 Å². The van der Waals surface area contributed by atoms with Gasteiger partial charge in [0.05, 0.1) is 17.3 Å². The second-order valence-electron chi connectivity index (χ2n) is 3.66. The van der Waals surface area contributed by atoms with Crippen molar-refractivity contribution in [2.24, 2.45) is 0 Å². The van der Waals surface area contributed by atoms with Crippen LogP contribution in [-0.4, -0.2) is 26.3 Å². The van der Waals surface area contributed by atoms with E-state index in [1.807, 2.05) is 0 Å². The maximum atomic E-state index is 10.9. The van der Waals surface area contributed by atoms with Crippen molar-refractivity contribution < 1.29 is 14.3 Å². The van der Waals surface area contributed by atoms with Crippen molar-refractivity contribution in [2.45, 2.75) is 0 Å². The molecule has 0 bridgehead atoms. The van der Waals surface area contributed by atoms with Crippen LogP contribution in [0, 0.1) is 0 Å². The van der Waals surface area contributed by atoms with E-state index in [0.29, 0.717) is 11.5 Å². The van der Waals surface area contributed by atoms with E-state index < -0.39 is 5.97 Å². The summed E-state index contributed by atoms with van der Waals surface area (Å²) in [7, 11) is 0. The molecule has 3 rings (SSSR count). The number of carbonyl (C=O) groups is 1. The van der Waals surface area contributed by atoms with Gasteiger partial charge in [-0.2, -0.15) is 0 Å². The molecule has 2 aromatic heterocycles. The van der Waals surface area contributed by atoms with Gasteiger partial charge in [0.1, 0.15) is 4.88 Å². The van der Waals surface area contributed by atoms with Crippen LogP contribution in [0.3, 0.4) is 0 Å². The van der Waals surface area contributed by atoms with Crippen molar-refractivity contribution in [1.82, 2.24) is 15.2 Å². The maximum Gasteiger partial charge on any atom is 0.335 e. The maximum absolute atomic E-state index is 10.9. The van der Waals surface area contributed by atoms with Crippen LogP contribution < -0.4 is 0 Å². The van der Waals surface area contributed by atoms with E-state index >= 15 is 0 Å². The fraction of sp³-hybridized carbons (Fsp3) is 0. The molecule has 0 radical (unpaired) electrons. The molecule has 94 valence electrons. The largest absolute Gasteiger partial charge is 0.478 e. The Morgan fingerprint density at radius 1 is 1.26 bits per heavy atom. The number of rotatable bonds is 3. The number of carboxylic acids is 1. The standard InChI is InChI=1S/C12H7N3O3S/c16-12(17)8-3-1-2-7(4-8)10-14-15-11(18-10)9-5-13-6-19-9/h1-6H,(H,16,17). The molecule has 7 heteroatoms. The highest BCUT2D eigenvalue weighted by molar-refractivity contribution is 7.13. The minimum Gasteiger partial charge on any atom is -0.478 e. The van der Waals surface area contributed by atoms with Gasteiger partial charge in [0.15, 0.2) is 0 Å². The number of hydrogen-bond donors (Lipinski definition) is 1. The Kier molecular flexibility index (Phi) is 2.81. The monoisotopic (exact) mass is 273 g/mol. The van der Waals surface area contributed by atoms with E-state index in [0.717, 1.165) is 4.88 Å². The van der Waals surface area contributed by atoms with Crippen LogP contribution in [0.5, 0.6) is 0 Å². The Morgan fingerprint density at radius 3 is 2.84 bits per heavy atom. The van der Waals surface area contributed by atoms with E-state index in [1.165, 1.54) is 23.5 Å². The molecular formula is C12H7N3O3S. The average molecular weight is 273 g/mol. The van der Waals surface area contributed by atoms with Crippen LogP contribution in [-0.2, 0) is 0 Å². The highest BCUT2D eigenvalue weighted by Crippen LogP contribution is 2.26. The summed E-state index contributed by atoms with van der Waals surface area (Å²) >= 11 is 1.39. The number of aromatic nitrogens is 3. The summed E-state index contributed by atoms with van der Waals surface area (Å²) in [4.78, 5) is 15.6. The second kappa shape index (κ2) is 4.62. The summed E-state index contributed by atoms with van der Waals surface area (Å²) in [6.45, 7) is 0. The highest BCUT2D eigenvalue weighted by Gasteiger charge is 2.13. The Labute approximate surface area is 111 Å². The summed E-state index contributed by atoms with van der Waals surface area (Å²) in [6, 6.07) is 6.35. The average Bonchev–Trinajstić information content (AvgIpc) is 3.09. The van der Waals surface area contributed by atoms with Crippen molar-refractivity contribution in [2.75, 3.05) is 0 Å². The van der Waals surface area contributed by atoms with Crippen molar-refractivity contribution in [3.63, 3.8) is 0 Å². The highest BCUT2D eigenvalue weighted by atomic mass is 32.1. The molecule has 0 saturated heterocycles. The zero-order chi connectivity index (χ0) is 13.2. The third-order valence-corrected chi connectivity index (χ3v) is 3.19. The lowest BCUT2D eigenvalue weighted by molar-refractivity contribution is 0.0697. The van der Waals surface area contributed by atoms with Crippen LogP contribution in [0.4, 0.5) is 0 Å². The first-order valence-corrected chi connectivity index (χ1v) is 6.18. The van der Waals surface area contributed by atoms with Gasteiger partial charge in [0.2, 0.25) is 5.89 Å². The van der Waals surface area contributed by atoms with E-state index in [1.54, 1.807) is 23.8 Å². The van der Waals surface area contributed by atoms with Gasteiger partial charge in [0, 0.05) is 5.56 Å². The summed E-state index contributed by atoms with van der Waals surface area (Å²) in [5, 5.41) is 16.8. The van der Waals surface area contributed by atoms with E-state index in [2.05, 4.69) is 15.2 Å². The van der Waals surface area contributed by atoms with Gasteiger partial charge in [-0.15, -0.1) is 21.5 Å². The predicted octanol–water partition coefficient (Wildman–Crippen LogP) is 2.56. The molecule has 2 heterocycles. The number of hydrogen-bond acceptors (Lipinski definition) is 6. The van der Waals surface area contributed by atoms with Gasteiger partial charge in [-0.3, -0.25) is 4.98 Å². The summed E-state index contributed by atoms with van der Waals surface area (Å²) in [6.07, 6.45) is 1.63. The third kappa shape index (κ3) is 2.23. The first kappa shape index (κ1) is 11.5. The van der Waals surface area contributed by atoms with Gasteiger partial charge in [-0.25, -0.2) is 4.79 Å². The van der Waals surface area contributed by atoms with Gasteiger partial charge in [0.25, 0.3) is 5.89 Å². The quantitative estimate of drug-likeness (QED) is 0.788. The van der Waals surface area contributed by atoms with Gasteiger partial charge in [-0.1, -0.05) is 6.07 Å². The fourth-order valence-electron chi connectivity index (χ4n) is 1.55. The van der Waals surface area contributed by atoms with Crippen LogP contribution in [0.2, 0.25) is 0 Å². The summed E-state index contributed by atoms with van der Waals surface area (Å²) in [5.41, 5.74) is 2.42. The minimum absolute atomic E-state index is 0.176. The first-order chi connectivity index (χ1) is 9.24. The first-order valence-electron chi connectivity index (χ1n) is 5.30. The Morgan fingerprint density at radius 2 is 2.11 bits per heavy atom. The van der Waals surface area contributed by atoms with Crippen LogP contribution in [0.25, 0.3) is 22.2 Å². The van der Waals surface area contributed by atoms with E-state index in [4.69, 9.17) is 9.52 Å². The molecule has 0 aliphatic carbocycles. The third-order valence-electron chi connectivity index (χ3n) is 2.42. The zero-order valence-corrected chi connectivity index (χ0v) is 10.3. The van der Waals surface area contributed by atoms with E-state index in [9.17, 15) is 4.79 Å². The molecule has 0 fully saturated rings. The molecule has 0 amide bonds. The lowest BCUT2D eigenvalue weighted by Crippen LogP contribution is -1.95. The molecule has 1 aromatic carbocycles. The minimum atomic E-state index is -0.996. The van der Waals surface area contributed by atoms with E-state index in [-0.39, 0.29) is 11.5 Å². The molecule has 0 saturated carbocycles. The molecule has 19 heavy (non-hydrogen) atoms. The topological polar surface area (TPSA) is 89.1 Å². The van der Waals surface area contributed by atoms with Crippen LogP contribution in [0.1, 0.15) is 10.4 Å². The van der Waals surface area contributed by atoms with Crippen molar-refractivity contribution >= 4 is 17.3 Å². The molecule has 1 N–H and O–H groups in total. The molecule has 3 aromatic rings. The van der Waals surface area contributed by atoms with Gasteiger partial charge in [-0.05, 0) is 18.2 Å². The van der Waals surface area contributed by atoms with Crippen LogP contribution in [0.15, 0.2) is 40.4 Å². The normalized spacial score (nSPS) is 10.5. The lowest BCUT2D eigenvalue weighted by atomic mass is 10.1. The Balaban J connectivity index is 1.99. The van der Waals surface area contributed by atoms with Crippen molar-refractivity contribution in [3.05, 3.63) is 41.5 Å². The van der Waals surface area contributed by atoms with Crippen molar-refractivity contribution in [1.29, 1.82) is 0 Å². The molecule has 0 aliphatic rings. The molecular weight excluding hydrogens is 266 g/mol.